The fourth-order valence-corrected chi connectivity index (χ4v) is 6.43. The highest BCUT2D eigenvalue weighted by Crippen LogP contribution is 2.33. The van der Waals surface area contributed by atoms with Crippen LogP contribution in [0.1, 0.15) is 61.7 Å². The number of aliphatic hydroxyl groups is 1. The molecule has 12 heteroatoms. The Kier molecular flexibility index (Phi) is 14.1. The number of nitrogens with zero attached hydrogens (tertiary/aromatic N) is 3. The number of carbonyl (C=O) groups excluding carboxylic acids is 2. The van der Waals surface area contributed by atoms with Crippen molar-refractivity contribution < 1.29 is 23.5 Å². The molecule has 0 aliphatic heterocycles. The predicted octanol–water partition coefficient (Wildman–Crippen LogP) is 6.04. The Morgan fingerprint density at radius 3 is 2.40 bits per heavy atom. The van der Waals surface area contributed by atoms with E-state index in [0.717, 1.165) is 46.1 Å². The maximum Gasteiger partial charge on any atom is 0.238 e. The van der Waals surface area contributed by atoms with Crippen LogP contribution in [0.2, 0.25) is 5.15 Å². The molecule has 4 rings (SSSR count). The smallest absolute Gasteiger partial charge is 0.238 e. The first-order valence-corrected chi connectivity index (χ1v) is 17.6. The number of thiol groups is 1. The molecule has 2 atom stereocenters. The Bertz CT molecular complexity index is 1650. The zero-order valence-electron chi connectivity index (χ0n) is 26.3. The van der Waals surface area contributed by atoms with Gasteiger partial charge < -0.3 is 19.5 Å². The molecule has 0 saturated heterocycles. The van der Waals surface area contributed by atoms with Gasteiger partial charge in [0.2, 0.25) is 11.8 Å². The molecule has 250 valence electrons. The quantitative estimate of drug-likeness (QED) is 0.0702. The maximum atomic E-state index is 13.2. The van der Waals surface area contributed by atoms with Crippen LogP contribution in [0.25, 0.3) is 11.1 Å². The summed E-state index contributed by atoms with van der Waals surface area (Å²) in [6.45, 7) is 2.70. The summed E-state index contributed by atoms with van der Waals surface area (Å²) < 4.78 is 27.4. The Morgan fingerprint density at radius 2 is 1.72 bits per heavy atom. The number of imidazole rings is 1. The van der Waals surface area contributed by atoms with E-state index >= 15 is 0 Å². The fourth-order valence-electron chi connectivity index (χ4n) is 5.30. The summed E-state index contributed by atoms with van der Waals surface area (Å²) in [5, 5.41) is 12.6. The van der Waals surface area contributed by atoms with E-state index in [1.165, 1.54) is 0 Å². The van der Waals surface area contributed by atoms with Gasteiger partial charge >= 0.3 is 0 Å². The number of halogens is 1. The van der Waals surface area contributed by atoms with Gasteiger partial charge in [-0.05, 0) is 48.4 Å². The molecule has 0 aliphatic carbocycles. The largest absolute Gasteiger partial charge is 0.755 e. The summed E-state index contributed by atoms with van der Waals surface area (Å²) in [5.41, 5.74) is 4.12. The van der Waals surface area contributed by atoms with Gasteiger partial charge in [0.1, 0.15) is 5.82 Å². The molecule has 0 fully saturated rings. The molecule has 1 heterocycles. The van der Waals surface area contributed by atoms with E-state index in [9.17, 15) is 23.5 Å². The number of hydrogen-bond acceptors (Lipinski definition) is 7. The van der Waals surface area contributed by atoms with E-state index in [2.05, 4.69) is 29.9 Å². The number of rotatable bonds is 17. The van der Waals surface area contributed by atoms with E-state index < -0.39 is 22.4 Å². The number of anilines is 1. The first-order valence-electron chi connectivity index (χ1n) is 15.7. The van der Waals surface area contributed by atoms with E-state index in [0.29, 0.717) is 48.8 Å². The molecule has 0 bridgehead atoms. The third kappa shape index (κ3) is 10.0. The first-order chi connectivity index (χ1) is 22.7. The predicted molar refractivity (Wildman–Crippen MR) is 189 cm³/mol. The molecule has 2 amide bonds. The van der Waals surface area contributed by atoms with Crippen molar-refractivity contribution in [3.8, 4) is 11.1 Å². The summed E-state index contributed by atoms with van der Waals surface area (Å²) in [5.74, 6) is 0.0714. The van der Waals surface area contributed by atoms with Crippen molar-refractivity contribution >= 4 is 53.0 Å². The molecule has 1 aromatic heterocycles. The third-order valence-corrected chi connectivity index (χ3v) is 9.22. The lowest BCUT2D eigenvalue weighted by Gasteiger charge is -2.27. The zero-order valence-corrected chi connectivity index (χ0v) is 28.8. The topological polar surface area (TPSA) is 128 Å². The van der Waals surface area contributed by atoms with Crippen LogP contribution >= 0.6 is 24.2 Å². The Morgan fingerprint density at radius 1 is 1.02 bits per heavy atom. The molecule has 0 spiro atoms. The third-order valence-electron chi connectivity index (χ3n) is 7.80. The van der Waals surface area contributed by atoms with E-state index in [1.807, 2.05) is 59.2 Å². The van der Waals surface area contributed by atoms with Crippen LogP contribution in [0.4, 0.5) is 5.69 Å². The highest BCUT2D eigenvalue weighted by molar-refractivity contribution is 7.82. The van der Waals surface area contributed by atoms with Crippen LogP contribution in [-0.2, 0) is 46.8 Å². The molecule has 4 aromatic rings. The minimum absolute atomic E-state index is 0.00748. The van der Waals surface area contributed by atoms with Gasteiger partial charge in [-0.25, -0.2) is 9.29 Å². The SMILES string of the molecule is CCCCc1nc(Cl)c(CO)n1Cc1ccc(-c2ccccc2N(C(=O)CCCCNC(=O)C(S)Cc2ccccc2)S(=O)[O-])cc1. The van der Waals surface area contributed by atoms with Gasteiger partial charge in [-0.2, -0.15) is 12.6 Å². The molecule has 0 aliphatic rings. The molecule has 2 unspecified atom stereocenters. The van der Waals surface area contributed by atoms with Crippen LogP contribution in [0.3, 0.4) is 0 Å². The summed E-state index contributed by atoms with van der Waals surface area (Å²) >= 11 is 7.88. The first kappa shape index (κ1) is 36.4. The monoisotopic (exact) mass is 695 g/mol. The lowest BCUT2D eigenvalue weighted by atomic mass is 10.0. The van der Waals surface area contributed by atoms with Crippen LogP contribution in [-0.4, -0.2) is 47.0 Å². The number of aliphatic hydroxyl groups excluding tert-OH is 1. The maximum absolute atomic E-state index is 13.2. The molecular formula is C35H40ClN4O5S2-. The highest BCUT2D eigenvalue weighted by Gasteiger charge is 2.21. The van der Waals surface area contributed by atoms with Crippen LogP contribution in [0.5, 0.6) is 0 Å². The molecular weight excluding hydrogens is 656 g/mol. The molecule has 3 aromatic carbocycles. The van der Waals surface area contributed by atoms with E-state index in [-0.39, 0.29) is 24.6 Å². The van der Waals surface area contributed by atoms with Crippen LogP contribution in [0, 0.1) is 0 Å². The van der Waals surface area contributed by atoms with Crippen LogP contribution in [0.15, 0.2) is 78.9 Å². The lowest BCUT2D eigenvalue weighted by molar-refractivity contribution is -0.120. The molecule has 9 nitrogen and oxygen atoms in total. The van der Waals surface area contributed by atoms with Gasteiger partial charge in [0.05, 0.1) is 34.5 Å². The second kappa shape index (κ2) is 18.2. The number of hydrogen-bond donors (Lipinski definition) is 3. The summed E-state index contributed by atoms with van der Waals surface area (Å²) in [6, 6.07) is 24.1. The summed E-state index contributed by atoms with van der Waals surface area (Å²) in [7, 11) is 0. The second-order valence-corrected chi connectivity index (χ2v) is 13.0. The van der Waals surface area contributed by atoms with Crippen molar-refractivity contribution in [2.24, 2.45) is 0 Å². The fraction of sp³-hybridized carbons (Fsp3) is 0.343. The number of nitrogens with one attached hydrogen (secondary N) is 1. The molecule has 2 N–H and O–H groups in total. The Labute approximate surface area is 289 Å². The average molecular weight is 696 g/mol. The number of para-hydroxylation sites is 1. The number of benzene rings is 3. The average Bonchev–Trinajstić information content (AvgIpc) is 3.37. The minimum atomic E-state index is -2.84. The standard InChI is InChI=1S/C35H41ClN4O5S2/c1-2-3-15-32-38-34(36)30(24-41)39(32)23-26-17-19-27(20-18-26)28-13-7-8-14-29(28)40(47(44)45)33(42)16-9-10-21-37-35(43)31(46)22-25-11-5-4-6-12-25/h4-8,11-14,17-20,31,41,46H,2-3,9-10,15-16,21-24H2,1H3,(H,37,43)(H,44,45)/p-1. The number of aryl methyl sites for hydroxylation is 1. The van der Waals surface area contributed by atoms with Gasteiger partial charge in [-0.1, -0.05) is 97.7 Å². The van der Waals surface area contributed by atoms with Crippen molar-refractivity contribution in [3.05, 3.63) is 107 Å². The second-order valence-electron chi connectivity index (χ2n) is 11.2. The zero-order chi connectivity index (χ0) is 33.8. The van der Waals surface area contributed by atoms with Crippen LogP contribution < -0.4 is 9.62 Å². The summed E-state index contributed by atoms with van der Waals surface area (Å²) in [6.07, 6.45) is 4.10. The van der Waals surface area contributed by atoms with Crippen molar-refractivity contribution in [1.29, 1.82) is 0 Å². The van der Waals surface area contributed by atoms with E-state index in [1.54, 1.807) is 24.3 Å². The van der Waals surface area contributed by atoms with Gasteiger partial charge in [0.25, 0.3) is 0 Å². The summed E-state index contributed by atoms with van der Waals surface area (Å²) in [4.78, 5) is 30.1. The highest BCUT2D eigenvalue weighted by atomic mass is 35.5. The minimum Gasteiger partial charge on any atom is -0.755 e. The van der Waals surface area contributed by atoms with Crippen molar-refractivity contribution in [2.75, 3.05) is 10.8 Å². The van der Waals surface area contributed by atoms with Crippen molar-refractivity contribution in [3.63, 3.8) is 0 Å². The molecule has 0 radical (unpaired) electrons. The van der Waals surface area contributed by atoms with Gasteiger partial charge in [-0.3, -0.25) is 13.8 Å². The van der Waals surface area contributed by atoms with Gasteiger partial charge in [-0.15, -0.1) is 0 Å². The molecule has 47 heavy (non-hydrogen) atoms. The van der Waals surface area contributed by atoms with Gasteiger partial charge in [0, 0.05) is 31.5 Å². The Hall–Kier alpha value is -3.48. The number of carbonyl (C=O) groups is 2. The number of amides is 2. The van der Waals surface area contributed by atoms with Gasteiger partial charge in [0.15, 0.2) is 5.15 Å². The van der Waals surface area contributed by atoms with Crippen molar-refractivity contribution in [1.82, 2.24) is 14.9 Å². The van der Waals surface area contributed by atoms with Crippen molar-refractivity contribution in [2.45, 2.75) is 70.3 Å². The van der Waals surface area contributed by atoms with E-state index in [4.69, 9.17) is 11.6 Å². The molecule has 0 saturated carbocycles. The number of aromatic nitrogens is 2. The normalized spacial score (nSPS) is 12.4. The lowest BCUT2D eigenvalue weighted by Crippen LogP contribution is -2.34. The number of unbranched alkanes of at least 4 members (excludes halogenated alkanes) is 2. The Balaban J connectivity index is 1.38.